The number of nitrogen functional groups attached to an aromatic ring is 1. The summed E-state index contributed by atoms with van der Waals surface area (Å²) >= 11 is 5.85. The van der Waals surface area contributed by atoms with Gasteiger partial charge in [0.15, 0.2) is 0 Å². The number of piperidine rings is 1. The van der Waals surface area contributed by atoms with E-state index in [1.807, 2.05) is 0 Å². The molecule has 110 valence electrons. The molecule has 1 fully saturated rings. The maximum absolute atomic E-state index is 12.0. The molecule has 0 aliphatic carbocycles. The van der Waals surface area contributed by atoms with E-state index in [9.17, 15) is 4.79 Å². The van der Waals surface area contributed by atoms with Crippen LogP contribution < -0.4 is 11.1 Å². The quantitative estimate of drug-likeness (QED) is 0.840. The molecule has 0 saturated carbocycles. The lowest BCUT2D eigenvalue weighted by Gasteiger charge is -2.30. The van der Waals surface area contributed by atoms with Gasteiger partial charge in [0.2, 0.25) is 5.91 Å². The van der Waals surface area contributed by atoms with Gasteiger partial charge in [-0.25, -0.2) is 0 Å². The van der Waals surface area contributed by atoms with E-state index in [0.29, 0.717) is 22.9 Å². The normalized spacial score (nSPS) is 17.1. The number of nitrogens with one attached hydrogen (secondary N) is 1. The number of amides is 1. The summed E-state index contributed by atoms with van der Waals surface area (Å²) in [5.74, 6) is 0.826. The van der Waals surface area contributed by atoms with Crippen molar-refractivity contribution in [2.75, 3.05) is 30.7 Å². The highest BCUT2D eigenvalue weighted by Gasteiger charge is 2.19. The Morgan fingerprint density at radius 3 is 2.75 bits per heavy atom. The molecule has 3 N–H and O–H groups in total. The van der Waals surface area contributed by atoms with Crippen molar-refractivity contribution < 1.29 is 4.79 Å². The molecule has 0 unspecified atom stereocenters. The summed E-state index contributed by atoms with van der Waals surface area (Å²) in [4.78, 5) is 14.2. The number of benzene rings is 1. The van der Waals surface area contributed by atoms with Crippen molar-refractivity contribution in [1.29, 1.82) is 0 Å². The number of rotatable bonds is 4. The fraction of sp³-hybridized carbons (Fsp3) is 0.533. The van der Waals surface area contributed by atoms with E-state index in [-0.39, 0.29) is 5.91 Å². The molecule has 0 atom stereocenters. The molecule has 0 radical (unpaired) electrons. The van der Waals surface area contributed by atoms with Crippen molar-refractivity contribution in [2.24, 2.45) is 5.92 Å². The molecule has 1 aromatic carbocycles. The second kappa shape index (κ2) is 6.95. The van der Waals surface area contributed by atoms with E-state index in [2.05, 4.69) is 17.1 Å². The molecule has 1 heterocycles. The molecule has 1 aromatic rings. The third kappa shape index (κ3) is 4.12. The monoisotopic (exact) mass is 295 g/mol. The van der Waals surface area contributed by atoms with Crippen molar-refractivity contribution in [3.8, 4) is 0 Å². The molecule has 1 aliphatic heterocycles. The fourth-order valence-corrected chi connectivity index (χ4v) is 2.70. The number of carbonyl (C=O) groups is 1. The summed E-state index contributed by atoms with van der Waals surface area (Å²) < 4.78 is 0. The van der Waals surface area contributed by atoms with Gasteiger partial charge in [-0.15, -0.1) is 0 Å². The Bertz CT molecular complexity index is 470. The number of anilines is 2. The van der Waals surface area contributed by atoms with Crippen LogP contribution in [0.5, 0.6) is 0 Å². The Kier molecular flexibility index (Phi) is 5.26. The predicted molar refractivity (Wildman–Crippen MR) is 83.9 cm³/mol. The molecule has 2 rings (SSSR count). The van der Waals surface area contributed by atoms with E-state index < -0.39 is 0 Å². The molecule has 4 nitrogen and oxygen atoms in total. The minimum atomic E-state index is 0.00155. The van der Waals surface area contributed by atoms with E-state index in [1.165, 1.54) is 19.3 Å². The SMILES string of the molecule is CCC1CCN(CC(=O)Nc2ccc(Cl)c(N)c2)CC1. The Balaban J connectivity index is 1.82. The lowest BCUT2D eigenvalue weighted by atomic mass is 9.94. The van der Waals surface area contributed by atoms with Crippen molar-refractivity contribution in [3.63, 3.8) is 0 Å². The van der Waals surface area contributed by atoms with Crippen molar-refractivity contribution in [3.05, 3.63) is 23.2 Å². The first kappa shape index (κ1) is 15.1. The molecule has 0 bridgehead atoms. The molecular formula is C15H22ClN3O. The van der Waals surface area contributed by atoms with Crippen LogP contribution in [-0.4, -0.2) is 30.4 Å². The van der Waals surface area contributed by atoms with Crippen molar-refractivity contribution in [2.45, 2.75) is 26.2 Å². The third-order valence-electron chi connectivity index (χ3n) is 3.93. The van der Waals surface area contributed by atoms with Gasteiger partial charge in [-0.05, 0) is 50.0 Å². The van der Waals surface area contributed by atoms with Crippen molar-refractivity contribution in [1.82, 2.24) is 4.90 Å². The highest BCUT2D eigenvalue weighted by atomic mass is 35.5. The lowest BCUT2D eigenvalue weighted by molar-refractivity contribution is -0.117. The summed E-state index contributed by atoms with van der Waals surface area (Å²) in [7, 11) is 0. The van der Waals surface area contributed by atoms with Crippen LogP contribution >= 0.6 is 11.6 Å². The molecule has 0 spiro atoms. The standard InChI is InChI=1S/C15H22ClN3O/c1-2-11-5-7-19(8-6-11)10-15(20)18-12-3-4-13(16)14(17)9-12/h3-4,9,11H,2,5-8,10,17H2,1H3,(H,18,20). The highest BCUT2D eigenvalue weighted by Crippen LogP contribution is 2.23. The number of nitrogens with two attached hydrogens (primary N) is 1. The predicted octanol–water partition coefficient (Wildman–Crippen LogP) is 2.98. The fourth-order valence-electron chi connectivity index (χ4n) is 2.58. The first-order valence-electron chi connectivity index (χ1n) is 7.15. The van der Waals surface area contributed by atoms with E-state index in [0.717, 1.165) is 19.0 Å². The van der Waals surface area contributed by atoms with Gasteiger partial charge < -0.3 is 11.1 Å². The largest absolute Gasteiger partial charge is 0.397 e. The molecule has 1 aliphatic rings. The smallest absolute Gasteiger partial charge is 0.238 e. The third-order valence-corrected chi connectivity index (χ3v) is 4.28. The number of likely N-dealkylation sites (tertiary alicyclic amines) is 1. The molecule has 1 amide bonds. The lowest BCUT2D eigenvalue weighted by Crippen LogP contribution is -2.39. The summed E-state index contributed by atoms with van der Waals surface area (Å²) in [5.41, 5.74) is 6.89. The maximum atomic E-state index is 12.0. The molecule has 20 heavy (non-hydrogen) atoms. The first-order chi connectivity index (χ1) is 9.58. The van der Waals surface area contributed by atoms with Crippen LogP contribution in [0.2, 0.25) is 5.02 Å². The van der Waals surface area contributed by atoms with Gasteiger partial charge in [0.1, 0.15) is 0 Å². The average Bonchev–Trinajstić information content (AvgIpc) is 2.44. The van der Waals surface area contributed by atoms with Gasteiger partial charge in [-0.1, -0.05) is 24.9 Å². The number of carbonyl (C=O) groups excluding carboxylic acids is 1. The van der Waals surface area contributed by atoms with Crippen LogP contribution in [0.15, 0.2) is 18.2 Å². The van der Waals surface area contributed by atoms with Crippen LogP contribution in [0, 0.1) is 5.92 Å². The topological polar surface area (TPSA) is 58.4 Å². The zero-order valence-electron chi connectivity index (χ0n) is 11.9. The maximum Gasteiger partial charge on any atom is 0.238 e. The van der Waals surface area contributed by atoms with Gasteiger partial charge in [0.25, 0.3) is 0 Å². The van der Waals surface area contributed by atoms with Gasteiger partial charge >= 0.3 is 0 Å². The zero-order valence-corrected chi connectivity index (χ0v) is 12.6. The van der Waals surface area contributed by atoms with Crippen LogP contribution in [-0.2, 0) is 4.79 Å². The summed E-state index contributed by atoms with van der Waals surface area (Å²) in [6.07, 6.45) is 3.62. The zero-order chi connectivity index (χ0) is 14.5. The number of hydrogen-bond acceptors (Lipinski definition) is 3. The number of halogens is 1. The van der Waals surface area contributed by atoms with Crippen LogP contribution in [0.4, 0.5) is 11.4 Å². The van der Waals surface area contributed by atoms with E-state index >= 15 is 0 Å². The van der Waals surface area contributed by atoms with Gasteiger partial charge in [-0.2, -0.15) is 0 Å². The highest BCUT2D eigenvalue weighted by molar-refractivity contribution is 6.33. The second-order valence-corrected chi connectivity index (χ2v) is 5.82. The molecule has 5 heteroatoms. The average molecular weight is 296 g/mol. The Morgan fingerprint density at radius 2 is 2.15 bits per heavy atom. The molecular weight excluding hydrogens is 274 g/mol. The summed E-state index contributed by atoms with van der Waals surface area (Å²) in [6, 6.07) is 5.14. The number of nitrogens with zero attached hydrogens (tertiary/aromatic N) is 1. The van der Waals surface area contributed by atoms with Gasteiger partial charge in [0.05, 0.1) is 17.3 Å². The van der Waals surface area contributed by atoms with Crippen LogP contribution in [0.3, 0.4) is 0 Å². The Hall–Kier alpha value is -1.26. The summed E-state index contributed by atoms with van der Waals surface area (Å²) in [5, 5.41) is 3.37. The first-order valence-corrected chi connectivity index (χ1v) is 7.53. The van der Waals surface area contributed by atoms with Gasteiger partial charge in [-0.3, -0.25) is 9.69 Å². The molecule has 1 saturated heterocycles. The minimum Gasteiger partial charge on any atom is -0.397 e. The Labute approximate surface area is 125 Å². The molecule has 0 aromatic heterocycles. The van der Waals surface area contributed by atoms with E-state index in [1.54, 1.807) is 18.2 Å². The number of hydrogen-bond donors (Lipinski definition) is 2. The summed E-state index contributed by atoms with van der Waals surface area (Å²) in [6.45, 7) is 4.69. The van der Waals surface area contributed by atoms with Crippen molar-refractivity contribution >= 4 is 28.9 Å². The second-order valence-electron chi connectivity index (χ2n) is 5.41. The van der Waals surface area contributed by atoms with Crippen LogP contribution in [0.1, 0.15) is 26.2 Å². The van der Waals surface area contributed by atoms with E-state index in [4.69, 9.17) is 17.3 Å². The minimum absolute atomic E-state index is 0.00155. The Morgan fingerprint density at radius 1 is 1.45 bits per heavy atom. The van der Waals surface area contributed by atoms with Gasteiger partial charge in [0, 0.05) is 5.69 Å². The van der Waals surface area contributed by atoms with Crippen LogP contribution in [0.25, 0.3) is 0 Å².